The number of rotatable bonds is 4. The van der Waals surface area contributed by atoms with Crippen molar-refractivity contribution in [2.45, 2.75) is 26.4 Å². The second-order valence-corrected chi connectivity index (χ2v) is 3.45. The van der Waals surface area contributed by atoms with Crippen LogP contribution in [0.25, 0.3) is 0 Å². The lowest BCUT2D eigenvalue weighted by atomic mass is 9.95. The molecule has 0 spiro atoms. The highest BCUT2D eigenvalue weighted by molar-refractivity contribution is 5.18. The molecule has 0 heterocycles. The molecule has 72 valence electrons. The molecule has 1 nitrogen and oxygen atoms in total. The van der Waals surface area contributed by atoms with Crippen molar-refractivity contribution in [2.24, 2.45) is 5.92 Å². The molecular formula is C12H18O. The van der Waals surface area contributed by atoms with Gasteiger partial charge in [-0.3, -0.25) is 0 Å². The van der Waals surface area contributed by atoms with Crippen molar-refractivity contribution in [3.63, 3.8) is 0 Å². The van der Waals surface area contributed by atoms with Crippen molar-refractivity contribution in [2.75, 3.05) is 7.11 Å². The zero-order chi connectivity index (χ0) is 9.68. The molecule has 0 saturated carbocycles. The Balaban J connectivity index is 2.78. The lowest BCUT2D eigenvalue weighted by Crippen LogP contribution is -2.10. The molecule has 0 bridgehead atoms. The summed E-state index contributed by atoms with van der Waals surface area (Å²) in [6.45, 7) is 4.42. The fourth-order valence-electron chi connectivity index (χ4n) is 1.55. The molecule has 1 heteroatoms. The van der Waals surface area contributed by atoms with Crippen molar-refractivity contribution in [3.8, 4) is 0 Å². The van der Waals surface area contributed by atoms with Gasteiger partial charge in [-0.05, 0) is 11.5 Å². The van der Waals surface area contributed by atoms with Gasteiger partial charge in [0.05, 0.1) is 6.10 Å². The van der Waals surface area contributed by atoms with E-state index in [1.165, 1.54) is 5.56 Å². The van der Waals surface area contributed by atoms with Gasteiger partial charge in [-0.1, -0.05) is 50.6 Å². The van der Waals surface area contributed by atoms with E-state index in [-0.39, 0.29) is 6.10 Å². The minimum atomic E-state index is 0.242. The van der Waals surface area contributed by atoms with Crippen molar-refractivity contribution in [1.29, 1.82) is 0 Å². The molecule has 0 aliphatic rings. The molecule has 1 aromatic carbocycles. The number of hydrogen-bond donors (Lipinski definition) is 0. The second-order valence-electron chi connectivity index (χ2n) is 3.45. The normalized spacial score (nSPS) is 15.3. The zero-order valence-electron chi connectivity index (χ0n) is 8.66. The Hall–Kier alpha value is -0.820. The average molecular weight is 178 g/mol. The van der Waals surface area contributed by atoms with Crippen LogP contribution in [-0.4, -0.2) is 7.11 Å². The standard InChI is InChI=1S/C12H18O/c1-4-10(2)12(13-3)11-8-6-5-7-9-11/h5-10,12H,4H2,1-3H3/t10-,12-/m1/s1. The summed E-state index contributed by atoms with van der Waals surface area (Å²) in [6, 6.07) is 10.4. The Kier molecular flexibility index (Phi) is 3.97. The maximum Gasteiger partial charge on any atom is 0.0846 e. The van der Waals surface area contributed by atoms with Crippen LogP contribution in [0.2, 0.25) is 0 Å². The molecule has 0 N–H and O–H groups in total. The summed E-state index contributed by atoms with van der Waals surface area (Å²) >= 11 is 0. The maximum absolute atomic E-state index is 5.49. The molecule has 0 radical (unpaired) electrons. The smallest absolute Gasteiger partial charge is 0.0846 e. The molecule has 0 aliphatic heterocycles. The molecule has 1 aromatic rings. The Bertz CT molecular complexity index is 230. The Morgan fingerprint density at radius 3 is 2.31 bits per heavy atom. The van der Waals surface area contributed by atoms with Gasteiger partial charge >= 0.3 is 0 Å². The van der Waals surface area contributed by atoms with Gasteiger partial charge in [-0.2, -0.15) is 0 Å². The monoisotopic (exact) mass is 178 g/mol. The predicted molar refractivity (Wildman–Crippen MR) is 55.6 cm³/mol. The van der Waals surface area contributed by atoms with Crippen LogP contribution in [0, 0.1) is 5.92 Å². The van der Waals surface area contributed by atoms with Gasteiger partial charge in [0.25, 0.3) is 0 Å². The summed E-state index contributed by atoms with van der Waals surface area (Å²) in [5.74, 6) is 0.576. The Labute approximate surface area is 80.7 Å². The van der Waals surface area contributed by atoms with E-state index in [4.69, 9.17) is 4.74 Å². The van der Waals surface area contributed by atoms with E-state index in [9.17, 15) is 0 Å². The van der Waals surface area contributed by atoms with E-state index >= 15 is 0 Å². The fourth-order valence-corrected chi connectivity index (χ4v) is 1.55. The topological polar surface area (TPSA) is 9.23 Å². The van der Waals surface area contributed by atoms with Crippen LogP contribution in [0.3, 0.4) is 0 Å². The van der Waals surface area contributed by atoms with E-state index in [1.54, 1.807) is 7.11 Å². The van der Waals surface area contributed by atoms with E-state index < -0.39 is 0 Å². The van der Waals surface area contributed by atoms with Crippen LogP contribution in [0.15, 0.2) is 30.3 Å². The number of ether oxygens (including phenoxy) is 1. The van der Waals surface area contributed by atoms with Gasteiger partial charge in [0, 0.05) is 7.11 Å². The third kappa shape index (κ3) is 2.56. The van der Waals surface area contributed by atoms with Crippen LogP contribution in [0.5, 0.6) is 0 Å². The lowest BCUT2D eigenvalue weighted by Gasteiger charge is -2.21. The lowest BCUT2D eigenvalue weighted by molar-refractivity contribution is 0.0565. The minimum absolute atomic E-state index is 0.242. The third-order valence-corrected chi connectivity index (χ3v) is 2.54. The van der Waals surface area contributed by atoms with Gasteiger partial charge in [-0.15, -0.1) is 0 Å². The van der Waals surface area contributed by atoms with Gasteiger partial charge in [0.15, 0.2) is 0 Å². The van der Waals surface area contributed by atoms with Gasteiger partial charge in [0.2, 0.25) is 0 Å². The molecule has 13 heavy (non-hydrogen) atoms. The number of hydrogen-bond acceptors (Lipinski definition) is 1. The van der Waals surface area contributed by atoms with Crippen molar-refractivity contribution in [3.05, 3.63) is 35.9 Å². The summed E-state index contributed by atoms with van der Waals surface area (Å²) in [7, 11) is 1.78. The summed E-state index contributed by atoms with van der Waals surface area (Å²) in [4.78, 5) is 0. The second kappa shape index (κ2) is 5.03. The summed E-state index contributed by atoms with van der Waals surface area (Å²) in [5, 5.41) is 0. The largest absolute Gasteiger partial charge is 0.376 e. The van der Waals surface area contributed by atoms with Crippen molar-refractivity contribution >= 4 is 0 Å². The highest BCUT2D eigenvalue weighted by atomic mass is 16.5. The van der Waals surface area contributed by atoms with Crippen LogP contribution in [0.4, 0.5) is 0 Å². The summed E-state index contributed by atoms with van der Waals surface area (Å²) in [5.41, 5.74) is 1.28. The van der Waals surface area contributed by atoms with Crippen LogP contribution in [-0.2, 0) is 4.74 Å². The van der Waals surface area contributed by atoms with E-state index in [0.717, 1.165) is 6.42 Å². The summed E-state index contributed by atoms with van der Waals surface area (Å²) in [6.07, 6.45) is 1.39. The van der Waals surface area contributed by atoms with Gasteiger partial charge < -0.3 is 4.74 Å². The van der Waals surface area contributed by atoms with E-state index in [2.05, 4.69) is 38.1 Å². The highest BCUT2D eigenvalue weighted by Crippen LogP contribution is 2.26. The SMILES string of the molecule is CC[C@@H](C)[C@@H](OC)c1ccccc1. The molecule has 0 aliphatic carbocycles. The highest BCUT2D eigenvalue weighted by Gasteiger charge is 2.16. The fraction of sp³-hybridized carbons (Fsp3) is 0.500. The first-order valence-electron chi connectivity index (χ1n) is 4.87. The van der Waals surface area contributed by atoms with Crippen LogP contribution < -0.4 is 0 Å². The summed E-state index contributed by atoms with van der Waals surface area (Å²) < 4.78 is 5.49. The van der Waals surface area contributed by atoms with E-state index in [0.29, 0.717) is 5.92 Å². The van der Waals surface area contributed by atoms with Crippen molar-refractivity contribution < 1.29 is 4.74 Å². The van der Waals surface area contributed by atoms with Crippen LogP contribution in [0.1, 0.15) is 31.9 Å². The van der Waals surface area contributed by atoms with Gasteiger partial charge in [0.1, 0.15) is 0 Å². The Morgan fingerprint density at radius 2 is 1.85 bits per heavy atom. The molecule has 0 aromatic heterocycles. The zero-order valence-corrected chi connectivity index (χ0v) is 8.66. The first kappa shape index (κ1) is 10.3. The molecule has 2 atom stereocenters. The molecule has 0 amide bonds. The average Bonchev–Trinajstić information content (AvgIpc) is 2.20. The van der Waals surface area contributed by atoms with Crippen molar-refractivity contribution in [1.82, 2.24) is 0 Å². The maximum atomic E-state index is 5.49. The predicted octanol–water partition coefficient (Wildman–Crippen LogP) is 3.42. The first-order valence-corrected chi connectivity index (χ1v) is 4.87. The quantitative estimate of drug-likeness (QED) is 0.686. The Morgan fingerprint density at radius 1 is 1.23 bits per heavy atom. The molecule has 0 fully saturated rings. The molecule has 0 unspecified atom stereocenters. The molecule has 0 saturated heterocycles. The van der Waals surface area contributed by atoms with E-state index in [1.807, 2.05) is 6.07 Å². The minimum Gasteiger partial charge on any atom is -0.376 e. The third-order valence-electron chi connectivity index (χ3n) is 2.54. The van der Waals surface area contributed by atoms with Crippen LogP contribution >= 0.6 is 0 Å². The first-order chi connectivity index (χ1) is 6.29. The number of methoxy groups -OCH3 is 1. The van der Waals surface area contributed by atoms with Gasteiger partial charge in [-0.25, -0.2) is 0 Å². The number of benzene rings is 1. The molecule has 1 rings (SSSR count). The molecular weight excluding hydrogens is 160 g/mol.